The summed E-state index contributed by atoms with van der Waals surface area (Å²) in [5, 5.41) is 3.27. The average molecular weight is 330 g/mol. The maximum atomic E-state index is 12.8. The van der Waals surface area contributed by atoms with Crippen LogP contribution >= 0.6 is 11.3 Å². The van der Waals surface area contributed by atoms with Crippen molar-refractivity contribution in [2.45, 2.75) is 13.8 Å². The number of amides is 1. The molecule has 118 valence electrons. The molecule has 6 heteroatoms. The van der Waals surface area contributed by atoms with E-state index in [0.29, 0.717) is 10.9 Å². The Hall–Kier alpha value is -2.47. The van der Waals surface area contributed by atoms with Gasteiger partial charge in [0.25, 0.3) is 5.91 Å². The molecule has 0 bridgehead atoms. The van der Waals surface area contributed by atoms with Gasteiger partial charge in [-0.15, -0.1) is 0 Å². The molecule has 23 heavy (non-hydrogen) atoms. The number of nitrogens with zero attached hydrogens (tertiary/aromatic N) is 1. The number of halogens is 1. The second kappa shape index (κ2) is 6.34. The minimum absolute atomic E-state index is 0.153. The van der Waals surface area contributed by atoms with Crippen LogP contribution in [0.1, 0.15) is 11.1 Å². The number of thiazole rings is 1. The minimum atomic E-state index is -0.345. The number of aryl methyl sites for hydroxylation is 2. The first-order valence-electron chi connectivity index (χ1n) is 7.07. The molecule has 0 aliphatic rings. The Kier molecular flexibility index (Phi) is 4.25. The van der Waals surface area contributed by atoms with E-state index in [1.807, 2.05) is 19.9 Å². The highest BCUT2D eigenvalue weighted by atomic mass is 32.1. The third-order valence-electron chi connectivity index (χ3n) is 3.25. The molecule has 0 unspecified atom stereocenters. The zero-order valence-corrected chi connectivity index (χ0v) is 13.5. The molecule has 0 saturated carbocycles. The number of anilines is 1. The van der Waals surface area contributed by atoms with Crippen LogP contribution in [0, 0.1) is 19.7 Å². The van der Waals surface area contributed by atoms with Crippen LogP contribution in [0.25, 0.3) is 10.2 Å². The standard InChI is InChI=1S/C17H15FN2O2S/c1-10-7-11(2)16-14(8-10)19-17(23-16)20-15(21)9-22-13-5-3-12(18)4-6-13/h3-8H,9H2,1-2H3,(H,19,20,21). The number of fused-ring (bicyclic) bond motifs is 1. The van der Waals surface area contributed by atoms with E-state index in [2.05, 4.69) is 16.4 Å². The topological polar surface area (TPSA) is 51.2 Å². The van der Waals surface area contributed by atoms with Crippen LogP contribution in [0.3, 0.4) is 0 Å². The predicted molar refractivity (Wildman–Crippen MR) is 89.6 cm³/mol. The van der Waals surface area contributed by atoms with Crippen LogP contribution in [0.5, 0.6) is 5.75 Å². The molecular formula is C17H15FN2O2S. The van der Waals surface area contributed by atoms with E-state index in [9.17, 15) is 9.18 Å². The zero-order chi connectivity index (χ0) is 16.4. The SMILES string of the molecule is Cc1cc(C)c2sc(NC(=O)COc3ccc(F)cc3)nc2c1. The number of benzene rings is 2. The Bertz CT molecular complexity index is 859. The fourth-order valence-electron chi connectivity index (χ4n) is 2.27. The van der Waals surface area contributed by atoms with Gasteiger partial charge in [-0.05, 0) is 55.3 Å². The summed E-state index contributed by atoms with van der Waals surface area (Å²) in [5.41, 5.74) is 3.15. The fraction of sp³-hybridized carbons (Fsp3) is 0.176. The van der Waals surface area contributed by atoms with Crippen molar-refractivity contribution in [1.29, 1.82) is 0 Å². The fourth-order valence-corrected chi connectivity index (χ4v) is 3.20. The number of carbonyl (C=O) groups is 1. The molecule has 1 aromatic heterocycles. The number of ether oxygens (including phenoxy) is 1. The number of nitrogens with one attached hydrogen (secondary N) is 1. The van der Waals surface area contributed by atoms with Gasteiger partial charge in [-0.2, -0.15) is 0 Å². The lowest BCUT2D eigenvalue weighted by molar-refractivity contribution is -0.118. The summed E-state index contributed by atoms with van der Waals surface area (Å²) in [7, 11) is 0. The summed E-state index contributed by atoms with van der Waals surface area (Å²) >= 11 is 1.44. The smallest absolute Gasteiger partial charge is 0.264 e. The van der Waals surface area contributed by atoms with E-state index in [1.165, 1.54) is 35.6 Å². The lowest BCUT2D eigenvalue weighted by Gasteiger charge is -2.05. The van der Waals surface area contributed by atoms with Gasteiger partial charge in [0.05, 0.1) is 10.2 Å². The van der Waals surface area contributed by atoms with Crippen LogP contribution in [0.2, 0.25) is 0 Å². The van der Waals surface area contributed by atoms with Crippen LogP contribution in [-0.4, -0.2) is 17.5 Å². The van der Waals surface area contributed by atoms with E-state index in [4.69, 9.17) is 4.74 Å². The van der Waals surface area contributed by atoms with Gasteiger partial charge in [-0.1, -0.05) is 17.4 Å². The van der Waals surface area contributed by atoms with Gasteiger partial charge in [-0.25, -0.2) is 9.37 Å². The largest absolute Gasteiger partial charge is 0.484 e. The molecule has 0 fully saturated rings. The number of hydrogen-bond donors (Lipinski definition) is 1. The van der Waals surface area contributed by atoms with Gasteiger partial charge in [0.2, 0.25) is 0 Å². The van der Waals surface area contributed by atoms with Crippen molar-refractivity contribution in [2.75, 3.05) is 11.9 Å². The van der Waals surface area contributed by atoms with E-state index in [-0.39, 0.29) is 18.3 Å². The van der Waals surface area contributed by atoms with Gasteiger partial charge in [-0.3, -0.25) is 10.1 Å². The lowest BCUT2D eigenvalue weighted by Crippen LogP contribution is -2.19. The summed E-state index contributed by atoms with van der Waals surface area (Å²) in [5.74, 6) is -0.206. The van der Waals surface area contributed by atoms with Gasteiger partial charge in [0.15, 0.2) is 11.7 Å². The van der Waals surface area contributed by atoms with Crippen molar-refractivity contribution in [3.63, 3.8) is 0 Å². The van der Waals surface area contributed by atoms with E-state index in [0.717, 1.165) is 21.3 Å². The lowest BCUT2D eigenvalue weighted by atomic mass is 10.1. The predicted octanol–water partition coefficient (Wildman–Crippen LogP) is 4.07. The molecule has 1 amide bonds. The minimum Gasteiger partial charge on any atom is -0.484 e. The van der Waals surface area contributed by atoms with Crippen molar-refractivity contribution in [1.82, 2.24) is 4.98 Å². The van der Waals surface area contributed by atoms with Crippen LogP contribution in [-0.2, 0) is 4.79 Å². The second-order valence-corrected chi connectivity index (χ2v) is 6.24. The van der Waals surface area contributed by atoms with E-state index >= 15 is 0 Å². The summed E-state index contributed by atoms with van der Waals surface area (Å²) in [6, 6.07) is 9.60. The summed E-state index contributed by atoms with van der Waals surface area (Å²) in [6.07, 6.45) is 0. The highest BCUT2D eigenvalue weighted by Gasteiger charge is 2.10. The Balaban J connectivity index is 1.65. The second-order valence-electron chi connectivity index (χ2n) is 5.24. The molecule has 1 N–H and O–H groups in total. The summed E-state index contributed by atoms with van der Waals surface area (Å²) in [4.78, 5) is 16.4. The number of aromatic nitrogens is 1. The molecule has 2 aromatic carbocycles. The highest BCUT2D eigenvalue weighted by Crippen LogP contribution is 2.29. The molecular weight excluding hydrogens is 315 g/mol. The number of rotatable bonds is 4. The molecule has 0 aliphatic carbocycles. The van der Waals surface area contributed by atoms with Crippen LogP contribution < -0.4 is 10.1 Å². The maximum Gasteiger partial charge on any atom is 0.264 e. The maximum absolute atomic E-state index is 12.8. The molecule has 0 saturated heterocycles. The summed E-state index contributed by atoms with van der Waals surface area (Å²) < 4.78 is 19.2. The average Bonchev–Trinajstić information content (AvgIpc) is 2.89. The molecule has 0 aliphatic heterocycles. The first kappa shape index (κ1) is 15.4. The Morgan fingerprint density at radius 2 is 2.00 bits per heavy atom. The molecule has 3 aromatic rings. The first-order valence-corrected chi connectivity index (χ1v) is 7.89. The third kappa shape index (κ3) is 3.65. The molecule has 1 heterocycles. The van der Waals surface area contributed by atoms with Gasteiger partial charge < -0.3 is 4.74 Å². The summed E-state index contributed by atoms with van der Waals surface area (Å²) in [6.45, 7) is 3.89. The Morgan fingerprint density at radius 3 is 2.74 bits per heavy atom. The third-order valence-corrected chi connectivity index (χ3v) is 4.37. The number of carbonyl (C=O) groups excluding carboxylic acids is 1. The van der Waals surface area contributed by atoms with Crippen molar-refractivity contribution >= 4 is 32.6 Å². The molecule has 0 spiro atoms. The van der Waals surface area contributed by atoms with Crippen molar-refractivity contribution in [2.24, 2.45) is 0 Å². The quantitative estimate of drug-likeness (QED) is 0.784. The van der Waals surface area contributed by atoms with E-state index < -0.39 is 0 Å². The Morgan fingerprint density at radius 1 is 1.26 bits per heavy atom. The van der Waals surface area contributed by atoms with Gasteiger partial charge in [0, 0.05) is 0 Å². The van der Waals surface area contributed by atoms with Crippen LogP contribution in [0.4, 0.5) is 9.52 Å². The number of hydrogen-bond acceptors (Lipinski definition) is 4. The van der Waals surface area contributed by atoms with E-state index in [1.54, 1.807) is 0 Å². The molecule has 0 atom stereocenters. The zero-order valence-electron chi connectivity index (χ0n) is 12.7. The van der Waals surface area contributed by atoms with Crippen molar-refractivity contribution < 1.29 is 13.9 Å². The van der Waals surface area contributed by atoms with Crippen LogP contribution in [0.15, 0.2) is 36.4 Å². The molecule has 4 nitrogen and oxygen atoms in total. The van der Waals surface area contributed by atoms with Crippen molar-refractivity contribution in [3.8, 4) is 5.75 Å². The van der Waals surface area contributed by atoms with Gasteiger partial charge in [0.1, 0.15) is 11.6 Å². The van der Waals surface area contributed by atoms with Gasteiger partial charge >= 0.3 is 0 Å². The normalized spacial score (nSPS) is 10.7. The van der Waals surface area contributed by atoms with Crippen molar-refractivity contribution in [3.05, 3.63) is 53.3 Å². The monoisotopic (exact) mass is 330 g/mol. The first-order chi connectivity index (χ1) is 11.0. The molecule has 3 rings (SSSR count). The highest BCUT2D eigenvalue weighted by molar-refractivity contribution is 7.22. The Labute approximate surface area is 136 Å². The molecule has 0 radical (unpaired) electrons.